The number of anilines is 1. The Balaban J connectivity index is 2.74. The molecule has 2 nitrogen and oxygen atoms in total. The van der Waals surface area contributed by atoms with Gasteiger partial charge >= 0.3 is 12.1 Å². The normalized spacial score (nSPS) is 12.6. The first kappa shape index (κ1) is 13.5. The summed E-state index contributed by atoms with van der Waals surface area (Å²) in [7, 11) is 0. The van der Waals surface area contributed by atoms with E-state index in [-0.39, 0.29) is 5.75 Å². The molecular formula is C10H10F5NO. The highest BCUT2D eigenvalue weighted by Crippen LogP contribution is 2.36. The van der Waals surface area contributed by atoms with Gasteiger partial charge < -0.3 is 10.5 Å². The van der Waals surface area contributed by atoms with Gasteiger partial charge in [0.1, 0.15) is 5.75 Å². The van der Waals surface area contributed by atoms with Gasteiger partial charge in [-0.3, -0.25) is 0 Å². The molecule has 0 aliphatic heterocycles. The molecule has 2 N–H and O–H groups in total. The molecule has 0 aromatic heterocycles. The molecule has 0 atom stereocenters. The van der Waals surface area contributed by atoms with E-state index in [4.69, 9.17) is 5.73 Å². The van der Waals surface area contributed by atoms with E-state index in [9.17, 15) is 22.0 Å². The van der Waals surface area contributed by atoms with Crippen LogP contribution in [0.3, 0.4) is 0 Å². The minimum atomic E-state index is -5.62. The number of hydrogen-bond donors (Lipinski definition) is 1. The number of hydrogen-bond acceptors (Lipinski definition) is 2. The molecule has 0 saturated carbocycles. The average Bonchev–Trinajstić information content (AvgIpc) is 2.14. The largest absolute Gasteiger partial charge is 0.487 e. The fourth-order valence-electron chi connectivity index (χ4n) is 1.08. The van der Waals surface area contributed by atoms with Crippen molar-refractivity contribution < 1.29 is 26.7 Å². The lowest BCUT2D eigenvalue weighted by Gasteiger charge is -2.20. The first-order valence-corrected chi connectivity index (χ1v) is 4.57. The number of ether oxygens (including phenoxy) is 1. The molecule has 0 amide bonds. The summed E-state index contributed by atoms with van der Waals surface area (Å²) in [6, 6.07) is 4.02. The van der Waals surface area contributed by atoms with Gasteiger partial charge in [-0.25, -0.2) is 0 Å². The van der Waals surface area contributed by atoms with Crippen LogP contribution in [-0.4, -0.2) is 18.7 Å². The Hall–Kier alpha value is -1.53. The van der Waals surface area contributed by atoms with Gasteiger partial charge in [-0.05, 0) is 30.7 Å². The molecule has 0 spiro atoms. The molecule has 0 bridgehead atoms. The molecule has 1 rings (SSSR count). The quantitative estimate of drug-likeness (QED) is 0.665. The molecule has 0 saturated heterocycles. The Kier molecular flexibility index (Phi) is 3.49. The van der Waals surface area contributed by atoms with Crippen LogP contribution in [0.15, 0.2) is 18.2 Å². The smallest absolute Gasteiger partial charge is 0.456 e. The van der Waals surface area contributed by atoms with E-state index in [0.29, 0.717) is 11.3 Å². The van der Waals surface area contributed by atoms with Crippen LogP contribution in [0.5, 0.6) is 5.75 Å². The average molecular weight is 255 g/mol. The zero-order valence-corrected chi connectivity index (χ0v) is 8.81. The van der Waals surface area contributed by atoms with Gasteiger partial charge in [-0.15, -0.1) is 0 Å². The zero-order chi connectivity index (χ0) is 13.3. The zero-order valence-electron chi connectivity index (χ0n) is 8.81. The maximum atomic E-state index is 12.6. The maximum Gasteiger partial charge on any atom is 0.456 e. The molecule has 1 aromatic carbocycles. The molecular weight excluding hydrogens is 245 g/mol. The number of alkyl halides is 5. The van der Waals surface area contributed by atoms with Crippen LogP contribution in [0.2, 0.25) is 0 Å². The van der Waals surface area contributed by atoms with E-state index < -0.39 is 18.7 Å². The lowest BCUT2D eigenvalue weighted by atomic mass is 10.2. The fraction of sp³-hybridized carbons (Fsp3) is 0.400. The van der Waals surface area contributed by atoms with Gasteiger partial charge in [0.15, 0.2) is 6.61 Å². The Morgan fingerprint density at radius 3 is 2.24 bits per heavy atom. The van der Waals surface area contributed by atoms with Crippen molar-refractivity contribution in [2.75, 3.05) is 12.3 Å². The predicted octanol–water partition coefficient (Wildman–Crippen LogP) is 3.15. The first-order chi connectivity index (χ1) is 7.63. The van der Waals surface area contributed by atoms with E-state index in [1.165, 1.54) is 25.1 Å². The summed E-state index contributed by atoms with van der Waals surface area (Å²) < 4.78 is 65.1. The third-order valence-corrected chi connectivity index (χ3v) is 2.02. The van der Waals surface area contributed by atoms with Gasteiger partial charge in [0.05, 0.1) is 0 Å². The highest BCUT2D eigenvalue weighted by molar-refractivity contribution is 5.47. The van der Waals surface area contributed by atoms with E-state index >= 15 is 0 Å². The second-order valence-electron chi connectivity index (χ2n) is 3.52. The van der Waals surface area contributed by atoms with Crippen LogP contribution in [0, 0.1) is 6.92 Å². The Morgan fingerprint density at radius 1 is 1.18 bits per heavy atom. The molecule has 0 aliphatic rings. The highest BCUT2D eigenvalue weighted by Gasteiger charge is 2.58. The van der Waals surface area contributed by atoms with Crippen molar-refractivity contribution in [2.24, 2.45) is 0 Å². The Bertz CT molecular complexity index is 402. The van der Waals surface area contributed by atoms with Gasteiger partial charge in [-0.2, -0.15) is 22.0 Å². The summed E-state index contributed by atoms with van der Waals surface area (Å²) in [6.45, 7) is -0.251. The van der Waals surface area contributed by atoms with Crippen LogP contribution < -0.4 is 10.5 Å². The van der Waals surface area contributed by atoms with Crippen LogP contribution in [-0.2, 0) is 0 Å². The number of halogens is 5. The van der Waals surface area contributed by atoms with Crippen LogP contribution in [0.4, 0.5) is 27.6 Å². The Labute approximate surface area is 94.2 Å². The second-order valence-corrected chi connectivity index (χ2v) is 3.52. The molecule has 17 heavy (non-hydrogen) atoms. The summed E-state index contributed by atoms with van der Waals surface area (Å²) >= 11 is 0. The van der Waals surface area contributed by atoms with Crippen molar-refractivity contribution in [3.05, 3.63) is 23.8 Å². The summed E-state index contributed by atoms with van der Waals surface area (Å²) in [5, 5.41) is 0. The van der Waals surface area contributed by atoms with Gasteiger partial charge in [0, 0.05) is 5.69 Å². The van der Waals surface area contributed by atoms with Gasteiger partial charge in [-0.1, -0.05) is 0 Å². The third kappa shape index (κ3) is 3.21. The molecule has 0 unspecified atom stereocenters. The number of nitrogens with two attached hydrogens (primary N) is 1. The van der Waals surface area contributed by atoms with E-state index in [0.717, 1.165) is 0 Å². The lowest BCUT2D eigenvalue weighted by Crippen LogP contribution is -2.41. The minimum absolute atomic E-state index is 0.0527. The topological polar surface area (TPSA) is 35.2 Å². The van der Waals surface area contributed by atoms with Crippen molar-refractivity contribution in [3.63, 3.8) is 0 Å². The molecule has 1 aromatic rings. The Morgan fingerprint density at radius 2 is 1.76 bits per heavy atom. The van der Waals surface area contributed by atoms with Gasteiger partial charge in [0.2, 0.25) is 0 Å². The van der Waals surface area contributed by atoms with Crippen LogP contribution >= 0.6 is 0 Å². The van der Waals surface area contributed by atoms with Crippen LogP contribution in [0.1, 0.15) is 5.56 Å². The van der Waals surface area contributed by atoms with Crippen molar-refractivity contribution in [3.8, 4) is 5.75 Å². The van der Waals surface area contributed by atoms with E-state index in [1.807, 2.05) is 0 Å². The summed E-state index contributed by atoms with van der Waals surface area (Å²) in [5.41, 5.74) is 6.16. The summed E-state index contributed by atoms with van der Waals surface area (Å²) in [6.07, 6.45) is -5.62. The van der Waals surface area contributed by atoms with Crippen molar-refractivity contribution in [2.45, 2.75) is 19.0 Å². The van der Waals surface area contributed by atoms with Crippen molar-refractivity contribution >= 4 is 5.69 Å². The third-order valence-electron chi connectivity index (χ3n) is 2.02. The standard InChI is InChI=1S/C10H10F5NO/c1-6-4-7(16)2-3-8(6)17-5-9(11,12)10(13,14)15/h2-4H,5,16H2,1H3. The van der Waals surface area contributed by atoms with Crippen molar-refractivity contribution in [1.82, 2.24) is 0 Å². The van der Waals surface area contributed by atoms with E-state index in [1.54, 1.807) is 0 Å². The molecule has 96 valence electrons. The van der Waals surface area contributed by atoms with Gasteiger partial charge in [0.25, 0.3) is 0 Å². The second kappa shape index (κ2) is 4.38. The monoisotopic (exact) mass is 255 g/mol. The first-order valence-electron chi connectivity index (χ1n) is 4.57. The minimum Gasteiger partial charge on any atom is -0.487 e. The molecule has 7 heteroatoms. The predicted molar refractivity (Wildman–Crippen MR) is 52.1 cm³/mol. The number of rotatable bonds is 3. The highest BCUT2D eigenvalue weighted by atomic mass is 19.4. The summed E-state index contributed by atoms with van der Waals surface area (Å²) in [5.74, 6) is -4.93. The number of aryl methyl sites for hydroxylation is 1. The lowest BCUT2D eigenvalue weighted by molar-refractivity contribution is -0.290. The number of nitrogen functional groups attached to an aromatic ring is 1. The fourth-order valence-corrected chi connectivity index (χ4v) is 1.08. The molecule has 0 heterocycles. The van der Waals surface area contributed by atoms with Crippen LogP contribution in [0.25, 0.3) is 0 Å². The molecule has 0 fully saturated rings. The van der Waals surface area contributed by atoms with Crippen molar-refractivity contribution in [1.29, 1.82) is 0 Å². The molecule has 0 aliphatic carbocycles. The number of benzene rings is 1. The molecule has 0 radical (unpaired) electrons. The summed E-state index contributed by atoms with van der Waals surface area (Å²) in [4.78, 5) is 0. The SMILES string of the molecule is Cc1cc(N)ccc1OCC(F)(F)C(F)(F)F. The maximum absolute atomic E-state index is 12.6. The van der Waals surface area contributed by atoms with E-state index in [2.05, 4.69) is 4.74 Å².